The maximum Gasteiger partial charge on any atom is 0.123 e. The van der Waals surface area contributed by atoms with E-state index < -0.39 is 0 Å². The molecule has 1 atom stereocenters. The van der Waals surface area contributed by atoms with Gasteiger partial charge in [-0.15, -0.1) is 0 Å². The maximum absolute atomic E-state index is 6.22. The second kappa shape index (κ2) is 7.32. The summed E-state index contributed by atoms with van der Waals surface area (Å²) in [5, 5.41) is 4.29. The topological polar surface area (TPSA) is 21.3 Å². The zero-order valence-corrected chi connectivity index (χ0v) is 12.7. The van der Waals surface area contributed by atoms with Crippen LogP contribution in [0, 0.1) is 0 Å². The summed E-state index contributed by atoms with van der Waals surface area (Å²) in [5.74, 6) is 0.939. The first-order chi connectivity index (χ1) is 9.72. The third-order valence-electron chi connectivity index (χ3n) is 3.24. The van der Waals surface area contributed by atoms with Gasteiger partial charge in [-0.25, -0.2) is 0 Å². The molecule has 0 aromatic heterocycles. The first-order valence-electron chi connectivity index (χ1n) is 6.91. The summed E-state index contributed by atoms with van der Waals surface area (Å²) in [7, 11) is 0. The zero-order chi connectivity index (χ0) is 14.4. The van der Waals surface area contributed by atoms with Crippen molar-refractivity contribution in [3.63, 3.8) is 0 Å². The van der Waals surface area contributed by atoms with Crippen LogP contribution in [0.5, 0.6) is 5.75 Å². The van der Waals surface area contributed by atoms with Gasteiger partial charge in [-0.1, -0.05) is 48.0 Å². The lowest BCUT2D eigenvalue weighted by molar-refractivity contribution is 0.335. The average molecular weight is 290 g/mol. The van der Waals surface area contributed by atoms with E-state index in [4.69, 9.17) is 16.3 Å². The van der Waals surface area contributed by atoms with Crippen molar-refractivity contribution in [2.75, 3.05) is 6.61 Å². The highest BCUT2D eigenvalue weighted by Gasteiger charge is 2.09. The molecule has 0 saturated heterocycles. The molecule has 2 nitrogen and oxygen atoms in total. The molecule has 0 saturated carbocycles. The molecule has 0 aliphatic heterocycles. The molecule has 0 amide bonds. The van der Waals surface area contributed by atoms with Crippen molar-refractivity contribution < 1.29 is 4.74 Å². The van der Waals surface area contributed by atoms with Gasteiger partial charge in [-0.05, 0) is 31.5 Å². The van der Waals surface area contributed by atoms with Gasteiger partial charge in [0, 0.05) is 23.2 Å². The molecule has 0 fully saturated rings. The van der Waals surface area contributed by atoms with Gasteiger partial charge in [0.25, 0.3) is 0 Å². The fourth-order valence-corrected chi connectivity index (χ4v) is 2.44. The molecule has 20 heavy (non-hydrogen) atoms. The van der Waals surface area contributed by atoms with Crippen LogP contribution in [-0.2, 0) is 6.54 Å². The van der Waals surface area contributed by atoms with Crippen molar-refractivity contribution in [3.05, 3.63) is 64.7 Å². The highest BCUT2D eigenvalue weighted by Crippen LogP contribution is 2.24. The number of benzene rings is 2. The van der Waals surface area contributed by atoms with Gasteiger partial charge in [0.1, 0.15) is 5.75 Å². The Balaban J connectivity index is 2.04. The first kappa shape index (κ1) is 14.9. The fourth-order valence-electron chi connectivity index (χ4n) is 2.15. The van der Waals surface area contributed by atoms with E-state index in [0.29, 0.717) is 6.61 Å². The van der Waals surface area contributed by atoms with E-state index in [1.54, 1.807) is 0 Å². The Morgan fingerprint density at radius 1 is 1.10 bits per heavy atom. The highest BCUT2D eigenvalue weighted by molar-refractivity contribution is 6.31. The Labute approximate surface area is 125 Å². The molecule has 0 aliphatic carbocycles. The van der Waals surface area contributed by atoms with E-state index >= 15 is 0 Å². The number of ether oxygens (including phenoxy) is 1. The molecule has 0 spiro atoms. The van der Waals surface area contributed by atoms with Gasteiger partial charge in [-0.2, -0.15) is 0 Å². The molecule has 106 valence electrons. The van der Waals surface area contributed by atoms with Crippen molar-refractivity contribution in [2.24, 2.45) is 0 Å². The van der Waals surface area contributed by atoms with Crippen LogP contribution in [0.25, 0.3) is 0 Å². The van der Waals surface area contributed by atoms with Crippen LogP contribution in [0.2, 0.25) is 5.02 Å². The normalized spacial score (nSPS) is 12.2. The third-order valence-corrected chi connectivity index (χ3v) is 3.59. The monoisotopic (exact) mass is 289 g/mol. The lowest BCUT2D eigenvalue weighted by atomic mass is 10.1. The number of para-hydroxylation sites is 1. The molecule has 2 rings (SSSR count). The number of halogens is 1. The molecule has 1 N–H and O–H groups in total. The summed E-state index contributed by atoms with van der Waals surface area (Å²) in [4.78, 5) is 0. The molecule has 3 heteroatoms. The van der Waals surface area contributed by atoms with Crippen LogP contribution in [0.1, 0.15) is 31.0 Å². The van der Waals surface area contributed by atoms with E-state index in [1.165, 1.54) is 0 Å². The van der Waals surface area contributed by atoms with Crippen molar-refractivity contribution in [1.29, 1.82) is 0 Å². The minimum atomic E-state index is 0.193. The Morgan fingerprint density at radius 3 is 2.55 bits per heavy atom. The van der Waals surface area contributed by atoms with Gasteiger partial charge in [0.05, 0.1) is 6.61 Å². The van der Waals surface area contributed by atoms with Gasteiger partial charge >= 0.3 is 0 Å². The SMILES string of the molecule is CCOc1ccccc1CNC(C)c1ccccc1Cl. The number of hydrogen-bond donors (Lipinski definition) is 1. The summed E-state index contributed by atoms with van der Waals surface area (Å²) in [6, 6.07) is 16.2. The first-order valence-corrected chi connectivity index (χ1v) is 7.28. The average Bonchev–Trinajstić information content (AvgIpc) is 2.47. The lowest BCUT2D eigenvalue weighted by Gasteiger charge is -2.17. The number of nitrogens with one attached hydrogen (secondary N) is 1. The molecular formula is C17H20ClNO. The van der Waals surface area contributed by atoms with E-state index in [2.05, 4.69) is 24.4 Å². The smallest absolute Gasteiger partial charge is 0.123 e. The quantitative estimate of drug-likeness (QED) is 0.840. The zero-order valence-electron chi connectivity index (χ0n) is 11.9. The molecule has 0 heterocycles. The molecule has 1 unspecified atom stereocenters. The summed E-state index contributed by atoms with van der Waals surface area (Å²) in [6.07, 6.45) is 0. The molecule has 0 radical (unpaired) electrons. The van der Waals surface area contributed by atoms with Crippen molar-refractivity contribution in [3.8, 4) is 5.75 Å². The van der Waals surface area contributed by atoms with Crippen LogP contribution in [0.15, 0.2) is 48.5 Å². The minimum absolute atomic E-state index is 0.193. The van der Waals surface area contributed by atoms with Crippen molar-refractivity contribution in [2.45, 2.75) is 26.4 Å². The van der Waals surface area contributed by atoms with Gasteiger partial charge in [-0.3, -0.25) is 0 Å². The van der Waals surface area contributed by atoms with Crippen LogP contribution in [0.4, 0.5) is 0 Å². The summed E-state index contributed by atoms with van der Waals surface area (Å²) >= 11 is 6.22. The lowest BCUT2D eigenvalue weighted by Crippen LogP contribution is -2.18. The predicted octanol–water partition coefficient (Wildman–Crippen LogP) is 4.59. The second-order valence-electron chi connectivity index (χ2n) is 4.66. The molecule has 0 bridgehead atoms. The Kier molecular flexibility index (Phi) is 5.45. The van der Waals surface area contributed by atoms with Gasteiger partial charge in [0.2, 0.25) is 0 Å². The highest BCUT2D eigenvalue weighted by atomic mass is 35.5. The Bertz CT molecular complexity index is 556. The maximum atomic E-state index is 6.22. The predicted molar refractivity (Wildman–Crippen MR) is 84.3 cm³/mol. The summed E-state index contributed by atoms with van der Waals surface area (Å²) in [5.41, 5.74) is 2.27. The largest absolute Gasteiger partial charge is 0.494 e. The standard InChI is InChI=1S/C17H20ClNO/c1-3-20-17-11-7-4-8-14(17)12-19-13(2)15-9-5-6-10-16(15)18/h4-11,13,19H,3,12H2,1-2H3. The van der Waals surface area contributed by atoms with Crippen molar-refractivity contribution in [1.82, 2.24) is 5.32 Å². The third kappa shape index (κ3) is 3.75. The van der Waals surface area contributed by atoms with Crippen LogP contribution >= 0.6 is 11.6 Å². The fraction of sp³-hybridized carbons (Fsp3) is 0.294. The van der Waals surface area contributed by atoms with E-state index in [0.717, 1.165) is 28.4 Å². The van der Waals surface area contributed by atoms with E-state index in [9.17, 15) is 0 Å². The van der Waals surface area contributed by atoms with E-state index in [-0.39, 0.29) is 6.04 Å². The molecule has 0 aliphatic rings. The summed E-state index contributed by atoms with van der Waals surface area (Å²) < 4.78 is 5.63. The minimum Gasteiger partial charge on any atom is -0.494 e. The van der Waals surface area contributed by atoms with Gasteiger partial charge in [0.15, 0.2) is 0 Å². The molecule has 2 aromatic carbocycles. The van der Waals surface area contributed by atoms with Crippen LogP contribution < -0.4 is 10.1 Å². The second-order valence-corrected chi connectivity index (χ2v) is 5.07. The number of hydrogen-bond acceptors (Lipinski definition) is 2. The number of rotatable bonds is 6. The Hall–Kier alpha value is -1.51. The van der Waals surface area contributed by atoms with Gasteiger partial charge < -0.3 is 10.1 Å². The van der Waals surface area contributed by atoms with E-state index in [1.807, 2.05) is 43.3 Å². The van der Waals surface area contributed by atoms with Crippen molar-refractivity contribution >= 4 is 11.6 Å². The van der Waals surface area contributed by atoms with Crippen LogP contribution in [-0.4, -0.2) is 6.61 Å². The summed E-state index contributed by atoms with van der Waals surface area (Å²) in [6.45, 7) is 5.54. The molecular weight excluding hydrogens is 270 g/mol. The Morgan fingerprint density at radius 2 is 1.80 bits per heavy atom. The van der Waals surface area contributed by atoms with Crippen LogP contribution in [0.3, 0.4) is 0 Å². The molecule has 2 aromatic rings.